The fraction of sp³-hybridized carbons (Fsp3) is 0.364. The van der Waals surface area contributed by atoms with E-state index in [0.29, 0.717) is 11.3 Å². The maximum atomic E-state index is 12.2. The van der Waals surface area contributed by atoms with Crippen LogP contribution >= 0.6 is 0 Å². The van der Waals surface area contributed by atoms with Gasteiger partial charge in [-0.05, 0) is 24.6 Å². The van der Waals surface area contributed by atoms with Crippen LogP contribution in [0.1, 0.15) is 5.56 Å². The minimum Gasteiger partial charge on any atom is -0.398 e. The fourth-order valence-corrected chi connectivity index (χ4v) is 2.82. The molecule has 1 aromatic rings. The van der Waals surface area contributed by atoms with Crippen LogP contribution in [-0.4, -0.2) is 39.3 Å². The van der Waals surface area contributed by atoms with Crippen LogP contribution in [0.5, 0.6) is 0 Å². The third-order valence-electron chi connectivity index (χ3n) is 2.66. The maximum Gasteiger partial charge on any atom is 0.243 e. The first-order valence-electron chi connectivity index (χ1n) is 5.32. The molecule has 3 N–H and O–H groups in total. The Morgan fingerprint density at radius 3 is 2.61 bits per heavy atom. The van der Waals surface area contributed by atoms with Gasteiger partial charge >= 0.3 is 0 Å². The smallest absolute Gasteiger partial charge is 0.243 e. The van der Waals surface area contributed by atoms with Crippen LogP contribution in [0.4, 0.5) is 5.69 Å². The number of nitrogen functional groups attached to an aromatic ring is 1. The average Bonchev–Trinajstić information content (AvgIpc) is 2.32. The molecular formula is C11H17N3O3S. The van der Waals surface area contributed by atoms with E-state index in [2.05, 4.69) is 5.32 Å². The number of nitrogens with two attached hydrogens (primary N) is 1. The molecule has 0 fully saturated rings. The Bertz CT molecular complexity index is 555. The van der Waals surface area contributed by atoms with Gasteiger partial charge in [-0.25, -0.2) is 8.42 Å². The van der Waals surface area contributed by atoms with Gasteiger partial charge in [0.25, 0.3) is 0 Å². The molecule has 0 unspecified atom stereocenters. The molecule has 0 atom stereocenters. The minimum atomic E-state index is -3.70. The normalized spacial score (nSPS) is 11.6. The van der Waals surface area contributed by atoms with Gasteiger partial charge < -0.3 is 11.1 Å². The molecule has 1 amide bonds. The quantitative estimate of drug-likeness (QED) is 0.751. The molecule has 0 bridgehead atoms. The number of hydrogen-bond acceptors (Lipinski definition) is 4. The second kappa shape index (κ2) is 5.36. The van der Waals surface area contributed by atoms with E-state index in [1.807, 2.05) is 0 Å². The molecular weight excluding hydrogens is 254 g/mol. The Morgan fingerprint density at radius 2 is 2.06 bits per heavy atom. The monoisotopic (exact) mass is 271 g/mol. The predicted octanol–water partition coefficient (Wildman–Crippen LogP) is -0.0563. The Kier molecular flexibility index (Phi) is 4.31. The number of carbonyl (C=O) groups is 1. The minimum absolute atomic E-state index is 0.119. The molecule has 1 rings (SSSR count). The third-order valence-corrected chi connectivity index (χ3v) is 4.61. The van der Waals surface area contributed by atoms with Crippen molar-refractivity contribution < 1.29 is 13.2 Å². The van der Waals surface area contributed by atoms with Crippen LogP contribution in [0.2, 0.25) is 0 Å². The van der Waals surface area contributed by atoms with Gasteiger partial charge in [0.05, 0.1) is 11.4 Å². The van der Waals surface area contributed by atoms with E-state index in [4.69, 9.17) is 5.73 Å². The Hall–Kier alpha value is -1.60. The van der Waals surface area contributed by atoms with Gasteiger partial charge in [0.1, 0.15) is 0 Å². The number of sulfonamides is 1. The molecule has 0 saturated heterocycles. The molecule has 18 heavy (non-hydrogen) atoms. The largest absolute Gasteiger partial charge is 0.398 e. The summed E-state index contributed by atoms with van der Waals surface area (Å²) in [5, 5.41) is 2.38. The lowest BCUT2D eigenvalue weighted by Gasteiger charge is -2.18. The molecule has 0 radical (unpaired) electrons. The second-order valence-electron chi connectivity index (χ2n) is 3.90. The number of carbonyl (C=O) groups excluding carboxylic acids is 1. The summed E-state index contributed by atoms with van der Waals surface area (Å²) in [6.07, 6.45) is 0. The van der Waals surface area contributed by atoms with Crippen LogP contribution in [0.3, 0.4) is 0 Å². The summed E-state index contributed by atoms with van der Waals surface area (Å²) in [5.74, 6) is -0.373. The molecule has 100 valence electrons. The number of benzene rings is 1. The Morgan fingerprint density at radius 1 is 1.44 bits per heavy atom. The molecule has 0 aliphatic heterocycles. The zero-order valence-electron chi connectivity index (χ0n) is 10.6. The molecule has 0 aromatic heterocycles. The Balaban J connectivity index is 3.14. The summed E-state index contributed by atoms with van der Waals surface area (Å²) >= 11 is 0. The van der Waals surface area contributed by atoms with Crippen LogP contribution in [0.15, 0.2) is 23.1 Å². The van der Waals surface area contributed by atoms with Gasteiger partial charge in [-0.2, -0.15) is 4.31 Å². The van der Waals surface area contributed by atoms with Crippen molar-refractivity contribution in [2.45, 2.75) is 11.8 Å². The summed E-state index contributed by atoms with van der Waals surface area (Å²) in [6.45, 7) is 1.41. The van der Waals surface area contributed by atoms with Gasteiger partial charge in [-0.15, -0.1) is 0 Å². The number of rotatable bonds is 4. The highest BCUT2D eigenvalue weighted by Crippen LogP contribution is 2.22. The van der Waals surface area contributed by atoms with Crippen LogP contribution in [0.25, 0.3) is 0 Å². The number of anilines is 1. The van der Waals surface area contributed by atoms with Crippen molar-refractivity contribution in [1.82, 2.24) is 9.62 Å². The third kappa shape index (κ3) is 2.80. The van der Waals surface area contributed by atoms with Crippen LogP contribution in [0, 0.1) is 6.92 Å². The topological polar surface area (TPSA) is 92.5 Å². The van der Waals surface area contributed by atoms with Crippen LogP contribution in [-0.2, 0) is 14.8 Å². The van der Waals surface area contributed by atoms with Crippen molar-refractivity contribution in [2.24, 2.45) is 0 Å². The van der Waals surface area contributed by atoms with Crippen molar-refractivity contribution in [3.63, 3.8) is 0 Å². The summed E-state index contributed by atoms with van der Waals surface area (Å²) in [6, 6.07) is 4.68. The van der Waals surface area contributed by atoms with E-state index < -0.39 is 10.0 Å². The molecule has 1 aromatic carbocycles. The van der Waals surface area contributed by atoms with Crippen molar-refractivity contribution in [3.05, 3.63) is 23.8 Å². The SMILES string of the molecule is CNC(=O)CN(C)S(=O)(=O)c1cccc(N)c1C. The first kappa shape index (κ1) is 14.5. The number of amides is 1. The molecule has 0 saturated carbocycles. The molecule has 6 nitrogen and oxygen atoms in total. The summed E-state index contributed by atoms with van der Waals surface area (Å²) in [4.78, 5) is 11.3. The molecule has 0 aliphatic rings. The van der Waals surface area contributed by atoms with Gasteiger partial charge in [0.15, 0.2) is 0 Å². The van der Waals surface area contributed by atoms with Crippen LogP contribution < -0.4 is 11.1 Å². The van der Waals surface area contributed by atoms with E-state index in [0.717, 1.165) is 4.31 Å². The summed E-state index contributed by atoms with van der Waals surface area (Å²) in [7, 11) is -0.898. The summed E-state index contributed by atoms with van der Waals surface area (Å²) in [5.41, 5.74) is 6.58. The number of hydrogen-bond donors (Lipinski definition) is 2. The zero-order chi connectivity index (χ0) is 13.9. The van der Waals surface area contributed by atoms with Crippen molar-refractivity contribution >= 4 is 21.6 Å². The molecule has 0 heterocycles. The maximum absolute atomic E-state index is 12.2. The first-order valence-corrected chi connectivity index (χ1v) is 6.76. The fourth-order valence-electron chi connectivity index (χ4n) is 1.45. The zero-order valence-corrected chi connectivity index (χ0v) is 11.4. The summed E-state index contributed by atoms with van der Waals surface area (Å²) < 4.78 is 25.5. The van der Waals surface area contributed by atoms with E-state index in [-0.39, 0.29) is 17.3 Å². The second-order valence-corrected chi connectivity index (χ2v) is 5.92. The molecule has 0 spiro atoms. The van der Waals surface area contributed by atoms with Gasteiger partial charge in [0, 0.05) is 19.8 Å². The average molecular weight is 271 g/mol. The van der Waals surface area contributed by atoms with Gasteiger partial charge in [-0.3, -0.25) is 4.79 Å². The van der Waals surface area contributed by atoms with Gasteiger partial charge in [0.2, 0.25) is 15.9 Å². The first-order chi connectivity index (χ1) is 8.30. The van der Waals surface area contributed by atoms with E-state index in [1.54, 1.807) is 19.1 Å². The van der Waals surface area contributed by atoms with Gasteiger partial charge in [-0.1, -0.05) is 6.07 Å². The number of nitrogens with zero attached hydrogens (tertiary/aromatic N) is 1. The standard InChI is InChI=1S/C11H17N3O3S/c1-8-9(12)5-4-6-10(8)18(16,17)14(3)7-11(15)13-2/h4-6H,7,12H2,1-3H3,(H,13,15). The number of likely N-dealkylation sites (N-methyl/N-ethyl adjacent to an activating group) is 2. The lowest BCUT2D eigenvalue weighted by molar-refractivity contribution is -0.120. The van der Waals surface area contributed by atoms with Crippen molar-refractivity contribution in [3.8, 4) is 0 Å². The van der Waals surface area contributed by atoms with E-state index in [9.17, 15) is 13.2 Å². The highest BCUT2D eigenvalue weighted by molar-refractivity contribution is 7.89. The van der Waals surface area contributed by atoms with Crippen molar-refractivity contribution in [1.29, 1.82) is 0 Å². The lowest BCUT2D eigenvalue weighted by Crippen LogP contribution is -2.37. The molecule has 7 heteroatoms. The number of nitrogens with one attached hydrogen (secondary N) is 1. The molecule has 0 aliphatic carbocycles. The highest BCUT2D eigenvalue weighted by Gasteiger charge is 2.24. The van der Waals surface area contributed by atoms with E-state index >= 15 is 0 Å². The lowest BCUT2D eigenvalue weighted by atomic mass is 10.2. The Labute approximate surface area is 107 Å². The predicted molar refractivity (Wildman–Crippen MR) is 69.5 cm³/mol. The van der Waals surface area contributed by atoms with E-state index in [1.165, 1.54) is 20.2 Å². The van der Waals surface area contributed by atoms with Crippen molar-refractivity contribution in [2.75, 3.05) is 26.4 Å². The highest BCUT2D eigenvalue weighted by atomic mass is 32.2.